The molecule has 0 radical (unpaired) electrons. The third-order valence-corrected chi connectivity index (χ3v) is 4.49. The molecular formula is C19H33IN6O. The summed E-state index contributed by atoms with van der Waals surface area (Å²) in [6, 6.07) is 3.59. The van der Waals surface area contributed by atoms with Gasteiger partial charge in [0, 0.05) is 19.3 Å². The van der Waals surface area contributed by atoms with Crippen LogP contribution >= 0.6 is 24.0 Å². The predicted octanol–water partition coefficient (Wildman–Crippen LogP) is 2.32. The van der Waals surface area contributed by atoms with E-state index in [1.807, 2.05) is 6.92 Å². The van der Waals surface area contributed by atoms with E-state index in [4.69, 9.17) is 0 Å². The van der Waals surface area contributed by atoms with Gasteiger partial charge in [-0.2, -0.15) is 0 Å². The summed E-state index contributed by atoms with van der Waals surface area (Å²) in [6.45, 7) is 9.58. The molecule has 1 aromatic heterocycles. The van der Waals surface area contributed by atoms with E-state index in [1.54, 1.807) is 24.5 Å². The molecule has 2 heterocycles. The molecule has 1 aliphatic heterocycles. The van der Waals surface area contributed by atoms with Crippen molar-refractivity contribution in [2.75, 3.05) is 44.6 Å². The van der Waals surface area contributed by atoms with Gasteiger partial charge in [0.05, 0.1) is 11.9 Å². The summed E-state index contributed by atoms with van der Waals surface area (Å²) in [5.41, 5.74) is 0.682. The molecule has 0 spiro atoms. The zero-order valence-electron chi connectivity index (χ0n) is 16.4. The summed E-state index contributed by atoms with van der Waals surface area (Å²) < 4.78 is 0. The van der Waals surface area contributed by atoms with E-state index in [2.05, 4.69) is 37.8 Å². The van der Waals surface area contributed by atoms with Crippen molar-refractivity contribution in [3.63, 3.8) is 0 Å². The second-order valence-corrected chi connectivity index (χ2v) is 6.79. The van der Waals surface area contributed by atoms with Crippen molar-refractivity contribution in [2.24, 2.45) is 10.9 Å². The number of hydrogen-bond acceptors (Lipinski definition) is 4. The predicted molar refractivity (Wildman–Crippen MR) is 122 cm³/mol. The van der Waals surface area contributed by atoms with Crippen LogP contribution in [0.25, 0.3) is 0 Å². The number of nitrogens with zero attached hydrogens (tertiary/aromatic N) is 3. The van der Waals surface area contributed by atoms with Crippen molar-refractivity contribution < 1.29 is 4.79 Å². The quantitative estimate of drug-likeness (QED) is 0.227. The molecule has 0 saturated carbocycles. The van der Waals surface area contributed by atoms with Crippen molar-refractivity contribution in [2.45, 2.75) is 33.1 Å². The molecule has 0 bridgehead atoms. The largest absolute Gasteiger partial charge is 0.357 e. The van der Waals surface area contributed by atoms with Gasteiger partial charge in [-0.1, -0.05) is 6.92 Å². The minimum Gasteiger partial charge on any atom is -0.357 e. The Labute approximate surface area is 179 Å². The average Bonchev–Trinajstić information content (AvgIpc) is 2.65. The normalized spacial score (nSPS) is 15.7. The highest BCUT2D eigenvalue weighted by molar-refractivity contribution is 14.0. The number of guanidine groups is 1. The van der Waals surface area contributed by atoms with E-state index in [-0.39, 0.29) is 36.4 Å². The van der Waals surface area contributed by atoms with Gasteiger partial charge in [0.2, 0.25) is 5.91 Å². The lowest BCUT2D eigenvalue weighted by Gasteiger charge is -2.30. The molecule has 1 aliphatic rings. The topological polar surface area (TPSA) is 81.6 Å². The molecule has 152 valence electrons. The standard InChI is InChI=1S/C19H32N6O.HI/c1-3-21-19(22-10-5-11-25-12-7-16(2)8-13-25)23-15-18(26)24-17-6-4-9-20-14-17;/h4,6,9,14,16H,3,5,7-8,10-13,15H2,1-2H3,(H,24,26)(H2,21,22,23);1H. The molecule has 7 nitrogen and oxygen atoms in total. The van der Waals surface area contributed by atoms with Crippen LogP contribution in [0.15, 0.2) is 29.5 Å². The van der Waals surface area contributed by atoms with Crippen LogP contribution in [-0.2, 0) is 4.79 Å². The molecule has 0 aromatic carbocycles. The second kappa shape index (κ2) is 13.7. The summed E-state index contributed by atoms with van der Waals surface area (Å²) in [7, 11) is 0. The fourth-order valence-electron chi connectivity index (χ4n) is 2.92. The number of carbonyl (C=O) groups is 1. The molecule has 0 unspecified atom stereocenters. The fraction of sp³-hybridized carbons (Fsp3) is 0.632. The summed E-state index contributed by atoms with van der Waals surface area (Å²) in [5, 5.41) is 9.27. The highest BCUT2D eigenvalue weighted by Gasteiger charge is 2.14. The van der Waals surface area contributed by atoms with Crippen LogP contribution in [-0.4, -0.2) is 61.0 Å². The van der Waals surface area contributed by atoms with Gasteiger partial charge in [0.25, 0.3) is 0 Å². The summed E-state index contributed by atoms with van der Waals surface area (Å²) >= 11 is 0. The molecule has 1 aromatic rings. The molecule has 3 N–H and O–H groups in total. The third-order valence-electron chi connectivity index (χ3n) is 4.49. The number of hydrogen-bond donors (Lipinski definition) is 3. The lowest BCUT2D eigenvalue weighted by Crippen LogP contribution is -2.40. The first-order valence-electron chi connectivity index (χ1n) is 9.61. The molecule has 0 atom stereocenters. The van der Waals surface area contributed by atoms with Crippen LogP contribution in [0.1, 0.15) is 33.1 Å². The first-order chi connectivity index (χ1) is 12.7. The van der Waals surface area contributed by atoms with Gasteiger partial charge in [-0.3, -0.25) is 9.78 Å². The Balaban J connectivity index is 0.00000364. The molecule has 27 heavy (non-hydrogen) atoms. The SMILES string of the molecule is CCNC(=NCC(=O)Nc1cccnc1)NCCCN1CCC(C)CC1.I. The average molecular weight is 488 g/mol. The van der Waals surface area contributed by atoms with Crippen molar-refractivity contribution in [1.29, 1.82) is 0 Å². The van der Waals surface area contributed by atoms with Crippen molar-refractivity contribution in [1.82, 2.24) is 20.5 Å². The lowest BCUT2D eigenvalue weighted by atomic mass is 9.99. The number of likely N-dealkylation sites (tertiary alicyclic amines) is 1. The second-order valence-electron chi connectivity index (χ2n) is 6.79. The number of aliphatic imine (C=N–C) groups is 1. The zero-order chi connectivity index (χ0) is 18.6. The third kappa shape index (κ3) is 9.90. The molecule has 8 heteroatoms. The summed E-state index contributed by atoms with van der Waals surface area (Å²) in [4.78, 5) is 22.8. The van der Waals surface area contributed by atoms with Gasteiger partial charge < -0.3 is 20.9 Å². The molecule has 0 aliphatic carbocycles. The minimum absolute atomic E-state index is 0. The summed E-state index contributed by atoms with van der Waals surface area (Å²) in [5.74, 6) is 1.40. The number of amides is 1. The van der Waals surface area contributed by atoms with Crippen molar-refractivity contribution in [3.05, 3.63) is 24.5 Å². The highest BCUT2D eigenvalue weighted by atomic mass is 127. The first-order valence-corrected chi connectivity index (χ1v) is 9.61. The Bertz CT molecular complexity index is 561. The van der Waals surface area contributed by atoms with Gasteiger partial charge in [0.15, 0.2) is 5.96 Å². The van der Waals surface area contributed by atoms with Gasteiger partial charge in [-0.25, -0.2) is 4.99 Å². The minimum atomic E-state index is -0.155. The number of rotatable bonds is 8. The summed E-state index contributed by atoms with van der Waals surface area (Å²) in [6.07, 6.45) is 6.98. The van der Waals surface area contributed by atoms with Crippen LogP contribution in [0, 0.1) is 5.92 Å². The number of carbonyl (C=O) groups excluding carboxylic acids is 1. The van der Waals surface area contributed by atoms with E-state index in [1.165, 1.54) is 25.9 Å². The van der Waals surface area contributed by atoms with E-state index in [0.29, 0.717) is 11.6 Å². The van der Waals surface area contributed by atoms with E-state index >= 15 is 0 Å². The fourth-order valence-corrected chi connectivity index (χ4v) is 2.92. The Hall–Kier alpha value is -1.42. The maximum atomic E-state index is 12.0. The van der Waals surface area contributed by atoms with E-state index < -0.39 is 0 Å². The van der Waals surface area contributed by atoms with Crippen LogP contribution < -0.4 is 16.0 Å². The monoisotopic (exact) mass is 488 g/mol. The lowest BCUT2D eigenvalue weighted by molar-refractivity contribution is -0.114. The number of nitrogens with one attached hydrogen (secondary N) is 3. The Kier molecular flexibility index (Phi) is 12.0. The van der Waals surface area contributed by atoms with Crippen molar-refractivity contribution in [3.8, 4) is 0 Å². The Morgan fingerprint density at radius 2 is 2.11 bits per heavy atom. The number of aromatic nitrogens is 1. The van der Waals surface area contributed by atoms with Crippen LogP contribution in [0.5, 0.6) is 0 Å². The van der Waals surface area contributed by atoms with Crippen LogP contribution in [0.3, 0.4) is 0 Å². The molecule has 1 fully saturated rings. The van der Waals surface area contributed by atoms with Crippen LogP contribution in [0.2, 0.25) is 0 Å². The van der Waals surface area contributed by atoms with Crippen molar-refractivity contribution >= 4 is 41.5 Å². The van der Waals surface area contributed by atoms with Gasteiger partial charge in [-0.15, -0.1) is 24.0 Å². The Morgan fingerprint density at radius 1 is 1.33 bits per heavy atom. The van der Waals surface area contributed by atoms with Gasteiger partial charge >= 0.3 is 0 Å². The molecule has 1 amide bonds. The number of piperidine rings is 1. The molecule has 1 saturated heterocycles. The maximum absolute atomic E-state index is 12.0. The van der Waals surface area contributed by atoms with E-state index in [9.17, 15) is 4.79 Å². The zero-order valence-corrected chi connectivity index (χ0v) is 18.7. The van der Waals surface area contributed by atoms with Gasteiger partial charge in [-0.05, 0) is 63.9 Å². The smallest absolute Gasteiger partial charge is 0.246 e. The number of pyridine rings is 1. The first kappa shape index (κ1) is 23.6. The van der Waals surface area contributed by atoms with Crippen LogP contribution in [0.4, 0.5) is 5.69 Å². The molecular weight excluding hydrogens is 455 g/mol. The molecule has 2 rings (SSSR count). The number of halogens is 1. The number of anilines is 1. The van der Waals surface area contributed by atoms with E-state index in [0.717, 1.165) is 32.0 Å². The Morgan fingerprint density at radius 3 is 2.78 bits per heavy atom. The van der Waals surface area contributed by atoms with Gasteiger partial charge in [0.1, 0.15) is 6.54 Å². The highest BCUT2D eigenvalue weighted by Crippen LogP contribution is 2.15. The maximum Gasteiger partial charge on any atom is 0.246 e.